The minimum atomic E-state index is 0. The summed E-state index contributed by atoms with van der Waals surface area (Å²) in [5.74, 6) is 0.130. The van der Waals surface area contributed by atoms with Crippen molar-refractivity contribution in [3.63, 3.8) is 0 Å². The zero-order valence-electron chi connectivity index (χ0n) is 7.18. The molecule has 0 bridgehead atoms. The number of hydrogen-bond acceptors (Lipinski definition) is 3. The molecule has 0 spiro atoms. The molecule has 0 saturated carbocycles. The quantitative estimate of drug-likeness (QED) is 0.733. The zero-order chi connectivity index (χ0) is 8.55. The van der Waals surface area contributed by atoms with Crippen LogP contribution >= 0.6 is 34.0 Å². The molecular weight excluding hydrogens is 312 g/mol. The Kier molecular flexibility index (Phi) is 4.87. The lowest BCUT2D eigenvalue weighted by molar-refractivity contribution is 0.480. The van der Waals surface area contributed by atoms with E-state index in [1.807, 2.05) is 6.07 Å². The maximum absolute atomic E-state index is 9.41. The molecule has 3 N–H and O–H groups in total. The summed E-state index contributed by atoms with van der Waals surface area (Å²) in [5.41, 5.74) is 6.68. The van der Waals surface area contributed by atoms with Gasteiger partial charge in [-0.3, -0.25) is 4.98 Å². The molecule has 2 aromatic rings. The molecule has 1 aromatic heterocycles. The van der Waals surface area contributed by atoms with Crippen LogP contribution < -0.4 is 5.73 Å². The SMILES string of the molecule is Br.Br.Nc1cc(O)c2ncccc2c1. The first-order valence-corrected chi connectivity index (χ1v) is 3.60. The smallest absolute Gasteiger partial charge is 0.143 e. The van der Waals surface area contributed by atoms with Gasteiger partial charge in [0.1, 0.15) is 11.3 Å². The lowest BCUT2D eigenvalue weighted by Gasteiger charge is -2.00. The van der Waals surface area contributed by atoms with E-state index in [2.05, 4.69) is 4.98 Å². The Morgan fingerprint density at radius 2 is 1.93 bits per heavy atom. The molecule has 0 aliphatic rings. The zero-order valence-corrected chi connectivity index (χ0v) is 10.6. The van der Waals surface area contributed by atoms with Crippen LogP contribution in [0.1, 0.15) is 0 Å². The van der Waals surface area contributed by atoms with E-state index >= 15 is 0 Å². The van der Waals surface area contributed by atoms with E-state index in [0.717, 1.165) is 5.39 Å². The molecule has 0 unspecified atom stereocenters. The lowest BCUT2D eigenvalue weighted by Crippen LogP contribution is -1.85. The molecule has 0 atom stereocenters. The molecule has 0 aliphatic heterocycles. The Labute approximate surface area is 102 Å². The van der Waals surface area contributed by atoms with Crippen LogP contribution in [0.15, 0.2) is 30.5 Å². The number of pyridine rings is 1. The van der Waals surface area contributed by atoms with Gasteiger partial charge in [0.25, 0.3) is 0 Å². The van der Waals surface area contributed by atoms with Crippen LogP contribution in [0.25, 0.3) is 10.9 Å². The predicted molar refractivity (Wildman–Crippen MR) is 68.5 cm³/mol. The minimum Gasteiger partial charge on any atom is -0.506 e. The van der Waals surface area contributed by atoms with Crippen molar-refractivity contribution in [3.8, 4) is 5.75 Å². The standard InChI is InChI=1S/C9H8N2O.2BrH/c10-7-4-6-2-1-3-11-9(6)8(12)5-7;;/h1-5,12H,10H2;2*1H. The minimum absolute atomic E-state index is 0. The van der Waals surface area contributed by atoms with Crippen molar-refractivity contribution >= 4 is 50.6 Å². The van der Waals surface area contributed by atoms with Crippen LogP contribution in [-0.2, 0) is 0 Å². The summed E-state index contributed by atoms with van der Waals surface area (Å²) in [6, 6.07) is 6.94. The number of anilines is 1. The second kappa shape index (κ2) is 5.17. The normalized spacial score (nSPS) is 8.86. The molecule has 14 heavy (non-hydrogen) atoms. The number of benzene rings is 1. The van der Waals surface area contributed by atoms with Crippen LogP contribution in [-0.4, -0.2) is 10.1 Å². The average Bonchev–Trinajstić information content (AvgIpc) is 2.04. The molecule has 0 amide bonds. The third-order valence-corrected chi connectivity index (χ3v) is 1.71. The highest BCUT2D eigenvalue weighted by atomic mass is 79.9. The van der Waals surface area contributed by atoms with Gasteiger partial charge in [-0.05, 0) is 12.1 Å². The molecule has 0 radical (unpaired) electrons. The van der Waals surface area contributed by atoms with E-state index in [0.29, 0.717) is 11.2 Å². The third-order valence-electron chi connectivity index (χ3n) is 1.71. The fourth-order valence-electron chi connectivity index (χ4n) is 1.20. The maximum Gasteiger partial charge on any atom is 0.143 e. The number of nitrogens with zero attached hydrogens (tertiary/aromatic N) is 1. The van der Waals surface area contributed by atoms with Crippen molar-refractivity contribution in [1.82, 2.24) is 4.98 Å². The lowest BCUT2D eigenvalue weighted by atomic mass is 10.2. The molecule has 2 rings (SSSR count). The van der Waals surface area contributed by atoms with Gasteiger partial charge < -0.3 is 10.8 Å². The van der Waals surface area contributed by atoms with Gasteiger partial charge in [0.2, 0.25) is 0 Å². The largest absolute Gasteiger partial charge is 0.506 e. The van der Waals surface area contributed by atoms with Gasteiger partial charge >= 0.3 is 0 Å². The highest BCUT2D eigenvalue weighted by Crippen LogP contribution is 2.24. The summed E-state index contributed by atoms with van der Waals surface area (Å²) >= 11 is 0. The molecule has 5 heteroatoms. The van der Waals surface area contributed by atoms with E-state index < -0.39 is 0 Å². The number of nitrogen functional groups attached to an aromatic ring is 1. The molecule has 76 valence electrons. The Hall–Kier alpha value is -0.810. The van der Waals surface area contributed by atoms with E-state index in [1.165, 1.54) is 6.07 Å². The van der Waals surface area contributed by atoms with Crippen LogP contribution in [0.4, 0.5) is 5.69 Å². The van der Waals surface area contributed by atoms with Crippen molar-refractivity contribution in [2.24, 2.45) is 0 Å². The first-order valence-electron chi connectivity index (χ1n) is 3.60. The monoisotopic (exact) mass is 320 g/mol. The molecule has 0 saturated heterocycles. The van der Waals surface area contributed by atoms with E-state index in [-0.39, 0.29) is 39.7 Å². The van der Waals surface area contributed by atoms with Crippen LogP contribution in [0.2, 0.25) is 0 Å². The van der Waals surface area contributed by atoms with Crippen LogP contribution in [0.5, 0.6) is 5.75 Å². The molecule has 1 heterocycles. The number of rotatable bonds is 0. The Morgan fingerprint density at radius 3 is 2.64 bits per heavy atom. The molecule has 0 aliphatic carbocycles. The Balaban J connectivity index is 0.000000845. The number of aromatic hydroxyl groups is 1. The summed E-state index contributed by atoms with van der Waals surface area (Å²) in [5, 5.41) is 10.3. The summed E-state index contributed by atoms with van der Waals surface area (Å²) in [7, 11) is 0. The molecular formula is C9H10Br2N2O. The van der Waals surface area contributed by atoms with Gasteiger partial charge in [-0.25, -0.2) is 0 Å². The molecule has 0 fully saturated rings. The second-order valence-electron chi connectivity index (χ2n) is 2.62. The number of phenols is 1. The highest BCUT2D eigenvalue weighted by molar-refractivity contribution is 8.93. The fourth-order valence-corrected chi connectivity index (χ4v) is 1.20. The number of hydrogen-bond donors (Lipinski definition) is 2. The first-order chi connectivity index (χ1) is 5.77. The summed E-state index contributed by atoms with van der Waals surface area (Å²) < 4.78 is 0. The Morgan fingerprint density at radius 1 is 1.21 bits per heavy atom. The number of fused-ring (bicyclic) bond motifs is 1. The molecule has 1 aromatic carbocycles. The molecule has 3 nitrogen and oxygen atoms in total. The van der Waals surface area contributed by atoms with Crippen molar-refractivity contribution in [1.29, 1.82) is 0 Å². The number of aromatic nitrogens is 1. The van der Waals surface area contributed by atoms with Gasteiger partial charge in [0.15, 0.2) is 0 Å². The average molecular weight is 322 g/mol. The third kappa shape index (κ3) is 2.36. The van der Waals surface area contributed by atoms with Crippen LogP contribution in [0.3, 0.4) is 0 Å². The number of halogens is 2. The van der Waals surface area contributed by atoms with Gasteiger partial charge in [-0.1, -0.05) is 6.07 Å². The number of phenolic OH excluding ortho intramolecular Hbond substituents is 1. The number of nitrogens with two attached hydrogens (primary N) is 1. The van der Waals surface area contributed by atoms with Crippen molar-refractivity contribution in [2.75, 3.05) is 5.73 Å². The predicted octanol–water partition coefficient (Wildman–Crippen LogP) is 2.68. The summed E-state index contributed by atoms with van der Waals surface area (Å²) in [4.78, 5) is 4.02. The topological polar surface area (TPSA) is 59.1 Å². The second-order valence-corrected chi connectivity index (χ2v) is 2.62. The van der Waals surface area contributed by atoms with Gasteiger partial charge in [0.05, 0.1) is 0 Å². The van der Waals surface area contributed by atoms with Gasteiger partial charge in [0, 0.05) is 23.3 Å². The summed E-state index contributed by atoms with van der Waals surface area (Å²) in [6.07, 6.45) is 1.64. The van der Waals surface area contributed by atoms with Crippen LogP contribution in [0, 0.1) is 0 Å². The van der Waals surface area contributed by atoms with Gasteiger partial charge in [-0.15, -0.1) is 34.0 Å². The highest BCUT2D eigenvalue weighted by Gasteiger charge is 2.00. The van der Waals surface area contributed by atoms with Crippen molar-refractivity contribution < 1.29 is 5.11 Å². The fraction of sp³-hybridized carbons (Fsp3) is 0. The first kappa shape index (κ1) is 13.2. The van der Waals surface area contributed by atoms with E-state index in [1.54, 1.807) is 18.3 Å². The maximum atomic E-state index is 9.41. The van der Waals surface area contributed by atoms with Crippen molar-refractivity contribution in [2.45, 2.75) is 0 Å². The van der Waals surface area contributed by atoms with Crippen molar-refractivity contribution in [3.05, 3.63) is 30.5 Å². The van der Waals surface area contributed by atoms with E-state index in [9.17, 15) is 5.11 Å². The Bertz CT molecular complexity index is 434. The summed E-state index contributed by atoms with van der Waals surface area (Å²) in [6.45, 7) is 0. The van der Waals surface area contributed by atoms with E-state index in [4.69, 9.17) is 5.73 Å². The van der Waals surface area contributed by atoms with Gasteiger partial charge in [-0.2, -0.15) is 0 Å².